The molecule has 7 heteroatoms. The second-order valence-electron chi connectivity index (χ2n) is 6.07. The normalized spacial score (nSPS) is 22.2. The van der Waals surface area contributed by atoms with Crippen molar-refractivity contribution in [1.29, 1.82) is 5.26 Å². The SMILES string of the molecule is CC(C)N1C(=O)c2ccccc2N2C(=O)CC[C@]21C(=O)OCC#N. The van der Waals surface area contributed by atoms with E-state index in [1.54, 1.807) is 44.2 Å². The summed E-state index contributed by atoms with van der Waals surface area (Å²) < 4.78 is 5.04. The van der Waals surface area contributed by atoms with Crippen LogP contribution in [0.1, 0.15) is 37.0 Å². The molecular weight excluding hydrogens is 310 g/mol. The number of carbonyl (C=O) groups excluding carboxylic acids is 3. The Labute approximate surface area is 139 Å². The van der Waals surface area contributed by atoms with Crippen LogP contribution in [0, 0.1) is 11.3 Å². The van der Waals surface area contributed by atoms with Crippen LogP contribution in [-0.2, 0) is 14.3 Å². The molecule has 1 aromatic carbocycles. The number of benzene rings is 1. The van der Waals surface area contributed by atoms with E-state index < -0.39 is 18.2 Å². The van der Waals surface area contributed by atoms with Crippen LogP contribution in [0.2, 0.25) is 0 Å². The molecule has 0 N–H and O–H groups in total. The number of carbonyl (C=O) groups is 3. The number of nitrogens with zero attached hydrogens (tertiary/aromatic N) is 3. The third-order valence-electron chi connectivity index (χ3n) is 4.41. The van der Waals surface area contributed by atoms with Crippen molar-refractivity contribution < 1.29 is 19.1 Å². The summed E-state index contributed by atoms with van der Waals surface area (Å²) in [5.41, 5.74) is -0.728. The third kappa shape index (κ3) is 1.99. The maximum atomic E-state index is 13.0. The van der Waals surface area contributed by atoms with E-state index in [4.69, 9.17) is 10.00 Å². The zero-order valence-corrected chi connectivity index (χ0v) is 13.5. The molecule has 2 aliphatic rings. The molecular formula is C17H17N3O4. The fraction of sp³-hybridized carbons (Fsp3) is 0.412. The number of nitriles is 1. The molecule has 1 saturated heterocycles. The second kappa shape index (κ2) is 5.64. The highest BCUT2D eigenvalue weighted by Gasteiger charge is 2.62. The summed E-state index contributed by atoms with van der Waals surface area (Å²) in [6, 6.07) is 8.16. The Hall–Kier alpha value is -2.88. The van der Waals surface area contributed by atoms with Gasteiger partial charge in [0.05, 0.1) is 11.3 Å². The first-order chi connectivity index (χ1) is 11.4. The Balaban J connectivity index is 2.23. The molecule has 124 valence electrons. The van der Waals surface area contributed by atoms with Crippen LogP contribution < -0.4 is 4.90 Å². The van der Waals surface area contributed by atoms with Gasteiger partial charge in [-0.2, -0.15) is 5.26 Å². The number of amides is 2. The largest absolute Gasteiger partial charge is 0.447 e. The van der Waals surface area contributed by atoms with Gasteiger partial charge in [0.15, 0.2) is 6.61 Å². The van der Waals surface area contributed by atoms with Crippen molar-refractivity contribution in [2.45, 2.75) is 38.4 Å². The number of esters is 1. The first-order valence-electron chi connectivity index (χ1n) is 7.75. The highest BCUT2D eigenvalue weighted by molar-refractivity contribution is 6.15. The van der Waals surface area contributed by atoms with E-state index in [2.05, 4.69) is 0 Å². The predicted octanol–water partition coefficient (Wildman–Crippen LogP) is 1.44. The molecule has 1 fully saturated rings. The molecule has 1 atom stereocenters. The summed E-state index contributed by atoms with van der Waals surface area (Å²) in [7, 11) is 0. The highest BCUT2D eigenvalue weighted by atomic mass is 16.5. The van der Waals surface area contributed by atoms with Gasteiger partial charge in [-0.3, -0.25) is 14.5 Å². The average molecular weight is 327 g/mol. The predicted molar refractivity (Wildman–Crippen MR) is 83.8 cm³/mol. The van der Waals surface area contributed by atoms with Crippen LogP contribution >= 0.6 is 0 Å². The van der Waals surface area contributed by atoms with Gasteiger partial charge in [0.25, 0.3) is 5.91 Å². The summed E-state index contributed by atoms with van der Waals surface area (Å²) in [5, 5.41) is 8.70. The first-order valence-corrected chi connectivity index (χ1v) is 7.75. The monoisotopic (exact) mass is 327 g/mol. The molecule has 7 nitrogen and oxygen atoms in total. The molecule has 0 aromatic heterocycles. The lowest BCUT2D eigenvalue weighted by Crippen LogP contribution is -2.70. The molecule has 1 aromatic rings. The summed E-state index contributed by atoms with van der Waals surface area (Å²) in [4.78, 5) is 41.1. The Bertz CT molecular complexity index is 767. The lowest BCUT2D eigenvalue weighted by Gasteiger charge is -2.50. The van der Waals surface area contributed by atoms with Crippen molar-refractivity contribution in [2.75, 3.05) is 11.5 Å². The molecule has 2 aliphatic heterocycles. The van der Waals surface area contributed by atoms with E-state index >= 15 is 0 Å². The number of rotatable bonds is 3. The Morgan fingerprint density at radius 2 is 2.08 bits per heavy atom. The standard InChI is InChI=1S/C17H17N3O4/c1-11(2)19-15(22)12-5-3-4-6-13(12)20-14(21)7-8-17(19,20)16(23)24-10-9-18/h3-6,11H,7-8,10H2,1-2H3/t17-/m1/s1. The number of fused-ring (bicyclic) bond motifs is 3. The third-order valence-corrected chi connectivity index (χ3v) is 4.41. The lowest BCUT2D eigenvalue weighted by molar-refractivity contribution is -0.156. The number of hydrogen-bond acceptors (Lipinski definition) is 5. The van der Waals surface area contributed by atoms with Gasteiger partial charge < -0.3 is 9.64 Å². The molecule has 0 aliphatic carbocycles. The maximum absolute atomic E-state index is 13.0. The molecule has 0 saturated carbocycles. The Kier molecular flexibility index (Phi) is 3.76. The number of anilines is 1. The molecule has 0 radical (unpaired) electrons. The van der Waals surface area contributed by atoms with Crippen molar-refractivity contribution in [3.63, 3.8) is 0 Å². The summed E-state index contributed by atoms with van der Waals surface area (Å²) in [6.07, 6.45) is 0.279. The van der Waals surface area contributed by atoms with Crippen molar-refractivity contribution >= 4 is 23.5 Å². The average Bonchev–Trinajstić information content (AvgIpc) is 2.91. The molecule has 24 heavy (non-hydrogen) atoms. The van der Waals surface area contributed by atoms with Crippen LogP contribution in [0.25, 0.3) is 0 Å². The van der Waals surface area contributed by atoms with Gasteiger partial charge in [0.1, 0.15) is 6.07 Å². The van der Waals surface area contributed by atoms with Crippen molar-refractivity contribution in [3.8, 4) is 6.07 Å². The Morgan fingerprint density at radius 1 is 1.38 bits per heavy atom. The van der Waals surface area contributed by atoms with Crippen LogP contribution in [0.3, 0.4) is 0 Å². The van der Waals surface area contributed by atoms with Crippen LogP contribution in [0.5, 0.6) is 0 Å². The zero-order valence-electron chi connectivity index (χ0n) is 13.5. The number of hydrogen-bond donors (Lipinski definition) is 0. The van der Waals surface area contributed by atoms with Crippen molar-refractivity contribution in [2.24, 2.45) is 0 Å². The summed E-state index contributed by atoms with van der Waals surface area (Å²) >= 11 is 0. The molecule has 3 rings (SSSR count). The fourth-order valence-corrected chi connectivity index (χ4v) is 3.59. The highest BCUT2D eigenvalue weighted by Crippen LogP contribution is 2.45. The van der Waals surface area contributed by atoms with Crippen molar-refractivity contribution in [3.05, 3.63) is 29.8 Å². The topological polar surface area (TPSA) is 90.7 Å². The number of para-hydroxylation sites is 1. The van der Waals surface area contributed by atoms with Gasteiger partial charge in [-0.1, -0.05) is 12.1 Å². The van der Waals surface area contributed by atoms with Crippen LogP contribution in [-0.4, -0.2) is 41.0 Å². The van der Waals surface area contributed by atoms with Gasteiger partial charge in [-0.15, -0.1) is 0 Å². The summed E-state index contributed by atoms with van der Waals surface area (Å²) in [6.45, 7) is 3.14. The first kappa shape index (κ1) is 16.0. The van der Waals surface area contributed by atoms with E-state index in [0.29, 0.717) is 11.3 Å². The maximum Gasteiger partial charge on any atom is 0.354 e. The van der Waals surface area contributed by atoms with Gasteiger partial charge in [0, 0.05) is 18.9 Å². The van der Waals surface area contributed by atoms with Gasteiger partial charge in [-0.05, 0) is 26.0 Å². The van der Waals surface area contributed by atoms with E-state index in [1.165, 1.54) is 9.80 Å². The minimum Gasteiger partial charge on any atom is -0.447 e. The van der Waals surface area contributed by atoms with E-state index in [0.717, 1.165) is 0 Å². The minimum atomic E-state index is -1.52. The van der Waals surface area contributed by atoms with Crippen molar-refractivity contribution in [1.82, 2.24) is 4.90 Å². The molecule has 0 unspecified atom stereocenters. The molecule has 2 heterocycles. The van der Waals surface area contributed by atoms with Crippen LogP contribution in [0.15, 0.2) is 24.3 Å². The Morgan fingerprint density at radius 3 is 2.75 bits per heavy atom. The van der Waals surface area contributed by atoms with Gasteiger partial charge >= 0.3 is 5.97 Å². The van der Waals surface area contributed by atoms with E-state index in [-0.39, 0.29) is 30.7 Å². The second-order valence-corrected chi connectivity index (χ2v) is 6.07. The molecule has 2 amide bonds. The fourth-order valence-electron chi connectivity index (χ4n) is 3.59. The number of ether oxygens (including phenoxy) is 1. The van der Waals surface area contributed by atoms with E-state index in [1.807, 2.05) is 0 Å². The summed E-state index contributed by atoms with van der Waals surface area (Å²) in [5.74, 6) is -1.30. The van der Waals surface area contributed by atoms with E-state index in [9.17, 15) is 14.4 Å². The zero-order chi connectivity index (χ0) is 17.5. The van der Waals surface area contributed by atoms with Gasteiger partial charge in [-0.25, -0.2) is 4.79 Å². The van der Waals surface area contributed by atoms with Crippen LogP contribution in [0.4, 0.5) is 5.69 Å². The van der Waals surface area contributed by atoms with Gasteiger partial charge in [0.2, 0.25) is 11.6 Å². The molecule has 0 bridgehead atoms. The molecule has 0 spiro atoms. The minimum absolute atomic E-state index is 0.131. The quantitative estimate of drug-likeness (QED) is 0.784. The smallest absolute Gasteiger partial charge is 0.354 e. The lowest BCUT2D eigenvalue weighted by atomic mass is 9.95.